The fourth-order valence-electron chi connectivity index (χ4n) is 0.999. The van der Waals surface area contributed by atoms with Crippen LogP contribution in [-0.4, -0.2) is 14.0 Å². The summed E-state index contributed by atoms with van der Waals surface area (Å²) in [4.78, 5) is 0. The molecule has 0 aliphatic rings. The first-order chi connectivity index (χ1) is 5.59. The number of hydrogen-bond donors (Lipinski definition) is 0. The highest BCUT2D eigenvalue weighted by atomic mass is 35.5. The Morgan fingerprint density at radius 3 is 2.58 bits per heavy atom. The van der Waals surface area contributed by atoms with Crippen molar-refractivity contribution in [3.63, 3.8) is 0 Å². The molecule has 0 aliphatic carbocycles. The van der Waals surface area contributed by atoms with Gasteiger partial charge in [-0.1, -0.05) is 11.6 Å². The molecule has 0 amide bonds. The van der Waals surface area contributed by atoms with Crippen LogP contribution in [0.4, 0.5) is 0 Å². The Kier molecular flexibility index (Phi) is 3.04. The number of rotatable bonds is 2. The van der Waals surface area contributed by atoms with Gasteiger partial charge < -0.3 is 4.74 Å². The lowest BCUT2D eigenvalue weighted by atomic mass is 9.95. The lowest BCUT2D eigenvalue weighted by Crippen LogP contribution is -2.14. The topological polar surface area (TPSA) is 9.23 Å². The molecule has 1 nitrogen and oxygen atoms in total. The Morgan fingerprint density at radius 1 is 1.42 bits per heavy atom. The quantitative estimate of drug-likeness (QED) is 0.628. The number of halogens is 1. The first kappa shape index (κ1) is 9.46. The molecule has 12 heavy (non-hydrogen) atoms. The molecule has 0 unspecified atom stereocenters. The molecule has 0 radical (unpaired) electrons. The summed E-state index contributed by atoms with van der Waals surface area (Å²) in [5, 5.41) is 0.753. The van der Waals surface area contributed by atoms with Gasteiger partial charge in [-0.15, -0.1) is 0 Å². The van der Waals surface area contributed by atoms with Crippen LogP contribution < -0.4 is 10.2 Å². The molecule has 0 spiro atoms. The molecule has 0 saturated carbocycles. The average molecular weight is 182 g/mol. The summed E-state index contributed by atoms with van der Waals surface area (Å²) in [6.07, 6.45) is 0.213. The summed E-state index contributed by atoms with van der Waals surface area (Å²) in [5.74, 6) is 0.911. The van der Waals surface area contributed by atoms with Crippen molar-refractivity contribution in [2.45, 2.75) is 20.0 Å². The van der Waals surface area contributed by atoms with Gasteiger partial charge in [-0.2, -0.15) is 0 Å². The third-order valence-corrected chi connectivity index (χ3v) is 1.73. The molecule has 0 atom stereocenters. The molecule has 3 heteroatoms. The van der Waals surface area contributed by atoms with E-state index in [9.17, 15) is 0 Å². The Hall–Kier alpha value is -0.625. The first-order valence-corrected chi connectivity index (χ1v) is 4.40. The van der Waals surface area contributed by atoms with Gasteiger partial charge >= 0.3 is 0 Å². The summed E-state index contributed by atoms with van der Waals surface area (Å²) in [5.41, 5.74) is 1.08. The van der Waals surface area contributed by atoms with Crippen molar-refractivity contribution in [2.24, 2.45) is 0 Å². The Labute approximate surface area is 79.1 Å². The maximum Gasteiger partial charge on any atom is 0.144 e. The highest BCUT2D eigenvalue weighted by molar-refractivity contribution is 6.37. The zero-order valence-corrected chi connectivity index (χ0v) is 8.35. The van der Waals surface area contributed by atoms with Crippen LogP contribution in [-0.2, 0) is 0 Å². The van der Waals surface area contributed by atoms with Gasteiger partial charge in [0.05, 0.1) is 6.10 Å². The van der Waals surface area contributed by atoms with Crippen LogP contribution in [0.2, 0.25) is 5.02 Å². The van der Waals surface area contributed by atoms with E-state index in [2.05, 4.69) is 0 Å². The van der Waals surface area contributed by atoms with E-state index < -0.39 is 0 Å². The highest BCUT2D eigenvalue weighted by Gasteiger charge is 2.01. The summed E-state index contributed by atoms with van der Waals surface area (Å²) >= 11 is 5.80. The van der Waals surface area contributed by atoms with E-state index in [1.807, 2.05) is 39.9 Å². The molecule has 1 aromatic carbocycles. The summed E-state index contributed by atoms with van der Waals surface area (Å²) in [7, 11) is 1.99. The fourth-order valence-corrected chi connectivity index (χ4v) is 1.23. The smallest absolute Gasteiger partial charge is 0.144 e. The number of ether oxygens (including phenoxy) is 1. The molecule has 0 saturated heterocycles. The summed E-state index contributed by atoms with van der Waals surface area (Å²) < 4.78 is 5.54. The van der Waals surface area contributed by atoms with E-state index in [1.54, 1.807) is 0 Å². The van der Waals surface area contributed by atoms with Crippen molar-refractivity contribution in [1.82, 2.24) is 0 Å². The Morgan fingerprint density at radius 2 is 2.08 bits per heavy atom. The van der Waals surface area contributed by atoms with Gasteiger partial charge in [0.25, 0.3) is 0 Å². The third-order valence-electron chi connectivity index (χ3n) is 1.50. The van der Waals surface area contributed by atoms with Crippen LogP contribution in [0.1, 0.15) is 13.8 Å². The number of hydrogen-bond acceptors (Lipinski definition) is 1. The van der Waals surface area contributed by atoms with Crippen LogP contribution in [0.5, 0.6) is 5.75 Å². The van der Waals surface area contributed by atoms with Crippen molar-refractivity contribution >= 4 is 24.9 Å². The minimum atomic E-state index is 0.213. The van der Waals surface area contributed by atoms with E-state index >= 15 is 0 Å². The molecule has 0 aliphatic heterocycles. The molecule has 0 fully saturated rings. The minimum absolute atomic E-state index is 0.213. The van der Waals surface area contributed by atoms with Crippen LogP contribution >= 0.6 is 11.6 Å². The van der Waals surface area contributed by atoms with Gasteiger partial charge in [0.15, 0.2) is 0 Å². The zero-order valence-electron chi connectivity index (χ0n) is 7.60. The van der Waals surface area contributed by atoms with Crippen molar-refractivity contribution in [3.8, 4) is 5.75 Å². The van der Waals surface area contributed by atoms with Crippen molar-refractivity contribution in [2.75, 3.05) is 0 Å². The first-order valence-electron chi connectivity index (χ1n) is 4.02. The van der Waals surface area contributed by atoms with E-state index in [1.165, 1.54) is 0 Å². The highest BCUT2D eigenvalue weighted by Crippen LogP contribution is 2.13. The normalized spacial score (nSPS) is 10.3. The molecular formula is C9H12BClO. The molecule has 1 aromatic rings. The molecule has 0 aromatic heterocycles. The second-order valence-electron chi connectivity index (χ2n) is 3.08. The standard InChI is InChI=1S/C9H12BClO/c1-6(2)12-9-4-3-7(11)5-8(9)10/h3-6H,10H2,1-2H3. The molecule has 0 heterocycles. The van der Waals surface area contributed by atoms with Gasteiger partial charge in [0.2, 0.25) is 0 Å². The maximum atomic E-state index is 5.80. The fraction of sp³-hybridized carbons (Fsp3) is 0.333. The summed E-state index contributed by atoms with van der Waals surface area (Å²) in [6.45, 7) is 4.02. The predicted octanol–water partition coefficient (Wildman–Crippen LogP) is 1.39. The van der Waals surface area contributed by atoms with Crippen LogP contribution in [0.15, 0.2) is 18.2 Å². The van der Waals surface area contributed by atoms with E-state index in [-0.39, 0.29) is 6.10 Å². The van der Waals surface area contributed by atoms with Gasteiger partial charge in [-0.05, 0) is 37.5 Å². The van der Waals surface area contributed by atoms with Crippen LogP contribution in [0, 0.1) is 0 Å². The van der Waals surface area contributed by atoms with E-state index in [0.717, 1.165) is 16.2 Å². The van der Waals surface area contributed by atoms with Gasteiger partial charge in [-0.25, -0.2) is 0 Å². The maximum absolute atomic E-state index is 5.80. The SMILES string of the molecule is Bc1cc(Cl)ccc1OC(C)C. The molecule has 0 N–H and O–H groups in total. The van der Waals surface area contributed by atoms with Crippen molar-refractivity contribution in [1.29, 1.82) is 0 Å². The average Bonchev–Trinajstić information content (AvgIpc) is 1.94. The molecule has 1 rings (SSSR count). The minimum Gasteiger partial charge on any atom is -0.492 e. The van der Waals surface area contributed by atoms with Crippen LogP contribution in [0.25, 0.3) is 0 Å². The van der Waals surface area contributed by atoms with E-state index in [0.29, 0.717) is 0 Å². The van der Waals surface area contributed by atoms with Gasteiger partial charge in [-0.3, -0.25) is 0 Å². The monoisotopic (exact) mass is 182 g/mol. The van der Waals surface area contributed by atoms with Crippen LogP contribution in [0.3, 0.4) is 0 Å². The van der Waals surface area contributed by atoms with E-state index in [4.69, 9.17) is 16.3 Å². The molecule has 64 valence electrons. The second kappa shape index (κ2) is 3.86. The molecule has 0 bridgehead atoms. The lowest BCUT2D eigenvalue weighted by Gasteiger charge is -2.12. The van der Waals surface area contributed by atoms with Crippen molar-refractivity contribution in [3.05, 3.63) is 23.2 Å². The van der Waals surface area contributed by atoms with Gasteiger partial charge in [0.1, 0.15) is 13.6 Å². The number of benzene rings is 1. The van der Waals surface area contributed by atoms with Crippen molar-refractivity contribution < 1.29 is 4.74 Å². The Balaban J connectivity index is 2.86. The molecular weight excluding hydrogens is 170 g/mol. The second-order valence-corrected chi connectivity index (χ2v) is 3.51. The largest absolute Gasteiger partial charge is 0.492 e. The lowest BCUT2D eigenvalue weighted by molar-refractivity contribution is 0.244. The van der Waals surface area contributed by atoms with Gasteiger partial charge in [0, 0.05) is 5.02 Å². The Bertz CT molecular complexity index is 273. The summed E-state index contributed by atoms with van der Waals surface area (Å²) in [6, 6.07) is 5.64. The zero-order chi connectivity index (χ0) is 9.14. The third kappa shape index (κ3) is 2.45. The predicted molar refractivity (Wildman–Crippen MR) is 55.4 cm³/mol.